The van der Waals surface area contributed by atoms with E-state index in [1.807, 2.05) is 0 Å². The Hall–Kier alpha value is -0.200. The standard InChI is InChI=1S/C31H69N5/c1-3-4-5-6-7-8-9-10-11-12-13-14-15-16-17-18-19-20-21-22-26-35-27-23-24-30(32)29(2)36-28-25-31(33)34/h29-31,35-36H,3-28,32-34H2,1-2H3. The maximum absolute atomic E-state index is 6.28. The molecule has 36 heavy (non-hydrogen) atoms. The fraction of sp³-hybridized carbons (Fsp3) is 1.00. The number of rotatable bonds is 30. The molecule has 0 aliphatic heterocycles. The molecule has 5 heteroatoms. The monoisotopic (exact) mass is 512 g/mol. The van der Waals surface area contributed by atoms with Crippen LogP contribution in [0.4, 0.5) is 0 Å². The van der Waals surface area contributed by atoms with Crippen LogP contribution in [0.25, 0.3) is 0 Å². The predicted octanol–water partition coefficient (Wildman–Crippen LogP) is 7.12. The van der Waals surface area contributed by atoms with Crippen LogP contribution in [0.3, 0.4) is 0 Å². The summed E-state index contributed by atoms with van der Waals surface area (Å²) in [6.45, 7) is 7.51. The molecule has 218 valence electrons. The maximum atomic E-state index is 6.28. The molecule has 0 aromatic heterocycles. The summed E-state index contributed by atoms with van der Waals surface area (Å²) >= 11 is 0. The highest BCUT2D eigenvalue weighted by Crippen LogP contribution is 2.14. The molecule has 0 fully saturated rings. The average molecular weight is 512 g/mol. The van der Waals surface area contributed by atoms with Crippen LogP contribution < -0.4 is 27.8 Å². The third kappa shape index (κ3) is 28.4. The second kappa shape index (κ2) is 29.4. The summed E-state index contributed by atoms with van der Waals surface area (Å²) in [5, 5.41) is 7.01. The van der Waals surface area contributed by atoms with E-state index in [0.717, 1.165) is 38.9 Å². The lowest BCUT2D eigenvalue weighted by Gasteiger charge is -2.21. The fourth-order valence-electron chi connectivity index (χ4n) is 4.97. The van der Waals surface area contributed by atoms with Crippen LogP contribution >= 0.6 is 0 Å². The van der Waals surface area contributed by atoms with Gasteiger partial charge in [-0.25, -0.2) is 0 Å². The smallest absolute Gasteiger partial charge is 0.0533 e. The van der Waals surface area contributed by atoms with Gasteiger partial charge in [0.15, 0.2) is 0 Å². The van der Waals surface area contributed by atoms with Gasteiger partial charge in [-0.2, -0.15) is 0 Å². The second-order valence-electron chi connectivity index (χ2n) is 11.5. The van der Waals surface area contributed by atoms with Crippen molar-refractivity contribution < 1.29 is 0 Å². The van der Waals surface area contributed by atoms with E-state index < -0.39 is 0 Å². The molecule has 2 atom stereocenters. The summed E-state index contributed by atoms with van der Waals surface area (Å²) in [5.41, 5.74) is 17.4. The largest absolute Gasteiger partial charge is 0.326 e. The minimum atomic E-state index is -0.237. The van der Waals surface area contributed by atoms with Crippen molar-refractivity contribution in [3.63, 3.8) is 0 Å². The summed E-state index contributed by atoms with van der Waals surface area (Å²) in [4.78, 5) is 0. The molecule has 0 aliphatic rings. The molecule has 0 saturated heterocycles. The Morgan fingerprint density at radius 2 is 0.861 bits per heavy atom. The Morgan fingerprint density at radius 3 is 1.28 bits per heavy atom. The van der Waals surface area contributed by atoms with Crippen LogP contribution in [0.2, 0.25) is 0 Å². The zero-order chi connectivity index (χ0) is 26.5. The molecule has 0 bridgehead atoms. The van der Waals surface area contributed by atoms with Crippen molar-refractivity contribution in [3.8, 4) is 0 Å². The molecule has 0 radical (unpaired) electrons. The van der Waals surface area contributed by atoms with Gasteiger partial charge < -0.3 is 27.8 Å². The van der Waals surface area contributed by atoms with Crippen LogP contribution in [-0.4, -0.2) is 37.9 Å². The van der Waals surface area contributed by atoms with Crippen LogP contribution in [0.5, 0.6) is 0 Å². The molecule has 0 aromatic rings. The van der Waals surface area contributed by atoms with Gasteiger partial charge in [-0.1, -0.05) is 129 Å². The number of nitrogens with one attached hydrogen (secondary N) is 2. The molecule has 0 rings (SSSR count). The molecule has 2 unspecified atom stereocenters. The topological polar surface area (TPSA) is 102 Å². The molecule has 0 amide bonds. The SMILES string of the molecule is CCCCCCCCCCCCCCCCCCCCCCNCCCC(N)C(C)NCCC(N)N. The first kappa shape index (κ1) is 35.8. The molecular weight excluding hydrogens is 442 g/mol. The van der Waals surface area contributed by atoms with Gasteiger partial charge in [0.1, 0.15) is 0 Å². The summed E-state index contributed by atoms with van der Waals surface area (Å²) in [7, 11) is 0. The van der Waals surface area contributed by atoms with E-state index in [0.29, 0.717) is 6.04 Å². The molecule has 0 spiro atoms. The van der Waals surface area contributed by atoms with Gasteiger partial charge in [0.05, 0.1) is 6.17 Å². The van der Waals surface area contributed by atoms with Crippen LogP contribution in [0, 0.1) is 0 Å². The molecule has 5 nitrogen and oxygen atoms in total. The third-order valence-electron chi connectivity index (χ3n) is 7.68. The summed E-state index contributed by atoms with van der Waals surface area (Å²) in [6, 6.07) is 0.508. The fourth-order valence-corrected chi connectivity index (χ4v) is 4.97. The predicted molar refractivity (Wildman–Crippen MR) is 162 cm³/mol. The molecule has 0 saturated carbocycles. The Morgan fingerprint density at radius 1 is 0.472 bits per heavy atom. The quantitative estimate of drug-likeness (QED) is 0.0522. The lowest BCUT2D eigenvalue weighted by atomic mass is 10.0. The Balaban J connectivity index is 3.16. The van der Waals surface area contributed by atoms with E-state index in [2.05, 4.69) is 24.5 Å². The van der Waals surface area contributed by atoms with Gasteiger partial charge >= 0.3 is 0 Å². The molecular formula is C31H69N5. The Bertz CT molecular complexity index is 404. The van der Waals surface area contributed by atoms with Crippen LogP contribution in [0.15, 0.2) is 0 Å². The van der Waals surface area contributed by atoms with Gasteiger partial charge in [-0.15, -0.1) is 0 Å². The lowest BCUT2D eigenvalue weighted by Crippen LogP contribution is -2.45. The average Bonchev–Trinajstić information content (AvgIpc) is 2.86. The highest BCUT2D eigenvalue weighted by atomic mass is 15.0. The van der Waals surface area contributed by atoms with Crippen molar-refractivity contribution in [1.29, 1.82) is 0 Å². The van der Waals surface area contributed by atoms with Crippen molar-refractivity contribution in [1.82, 2.24) is 10.6 Å². The number of hydrogen-bond acceptors (Lipinski definition) is 5. The zero-order valence-corrected chi connectivity index (χ0v) is 24.8. The first-order chi connectivity index (χ1) is 17.6. The minimum Gasteiger partial charge on any atom is -0.326 e. The molecule has 0 aromatic carbocycles. The zero-order valence-electron chi connectivity index (χ0n) is 24.8. The summed E-state index contributed by atoms with van der Waals surface area (Å²) < 4.78 is 0. The normalized spacial score (nSPS) is 13.5. The van der Waals surface area contributed by atoms with Gasteiger partial charge in [-0.3, -0.25) is 0 Å². The second-order valence-corrected chi connectivity index (χ2v) is 11.5. The van der Waals surface area contributed by atoms with E-state index in [1.54, 1.807) is 0 Å². The van der Waals surface area contributed by atoms with Gasteiger partial charge in [0.2, 0.25) is 0 Å². The highest BCUT2D eigenvalue weighted by molar-refractivity contribution is 4.75. The lowest BCUT2D eigenvalue weighted by molar-refractivity contribution is 0.413. The third-order valence-corrected chi connectivity index (χ3v) is 7.68. The van der Waals surface area contributed by atoms with Gasteiger partial charge in [0, 0.05) is 12.1 Å². The highest BCUT2D eigenvalue weighted by Gasteiger charge is 2.11. The Kier molecular flexibility index (Phi) is 29.2. The van der Waals surface area contributed by atoms with Crippen molar-refractivity contribution >= 4 is 0 Å². The maximum Gasteiger partial charge on any atom is 0.0533 e. The summed E-state index contributed by atoms with van der Waals surface area (Å²) in [5.74, 6) is 0. The first-order valence-electron chi connectivity index (χ1n) is 16.3. The van der Waals surface area contributed by atoms with Crippen LogP contribution in [-0.2, 0) is 0 Å². The van der Waals surface area contributed by atoms with Crippen molar-refractivity contribution in [2.45, 2.75) is 180 Å². The Labute approximate surface area is 227 Å². The molecule has 8 N–H and O–H groups in total. The van der Waals surface area contributed by atoms with E-state index >= 15 is 0 Å². The van der Waals surface area contributed by atoms with Crippen molar-refractivity contribution in [2.24, 2.45) is 17.2 Å². The van der Waals surface area contributed by atoms with Gasteiger partial charge in [-0.05, 0) is 52.2 Å². The van der Waals surface area contributed by atoms with Gasteiger partial charge in [0.25, 0.3) is 0 Å². The first-order valence-corrected chi connectivity index (χ1v) is 16.3. The number of nitrogens with two attached hydrogens (primary N) is 3. The molecule has 0 aliphatic carbocycles. The van der Waals surface area contributed by atoms with Crippen molar-refractivity contribution in [3.05, 3.63) is 0 Å². The molecule has 0 heterocycles. The number of unbranched alkanes of at least 4 members (excludes halogenated alkanes) is 19. The van der Waals surface area contributed by atoms with E-state index in [4.69, 9.17) is 17.2 Å². The van der Waals surface area contributed by atoms with E-state index in [9.17, 15) is 0 Å². The van der Waals surface area contributed by atoms with E-state index in [1.165, 1.54) is 128 Å². The van der Waals surface area contributed by atoms with Crippen LogP contribution in [0.1, 0.15) is 162 Å². The van der Waals surface area contributed by atoms with Crippen molar-refractivity contribution in [2.75, 3.05) is 19.6 Å². The minimum absolute atomic E-state index is 0.195. The number of hydrogen-bond donors (Lipinski definition) is 5. The van der Waals surface area contributed by atoms with E-state index in [-0.39, 0.29) is 12.2 Å². The summed E-state index contributed by atoms with van der Waals surface area (Å²) in [6.07, 6.45) is 31.5.